The van der Waals surface area contributed by atoms with E-state index in [4.69, 9.17) is 5.32 Å². The molecule has 0 radical (unpaired) electrons. The van der Waals surface area contributed by atoms with Crippen LogP contribution in [-0.4, -0.2) is 16.6 Å². The van der Waals surface area contributed by atoms with Crippen molar-refractivity contribution in [2.45, 2.75) is 12.8 Å². The second-order valence-electron chi connectivity index (χ2n) is 8.43. The van der Waals surface area contributed by atoms with Gasteiger partial charge >= 0.3 is 0 Å². The molecule has 2 aromatic carbocycles. The third kappa shape index (κ3) is 2.74. The van der Waals surface area contributed by atoms with Crippen molar-refractivity contribution in [3.63, 3.8) is 0 Å². The number of hydrogen-bond acceptors (Lipinski definition) is 2. The number of H-pyrrole nitrogens is 1. The number of aryl methyl sites for hydroxylation is 1. The maximum atomic E-state index is 13.4. The Morgan fingerprint density at radius 3 is 2.56 bits per heavy atom. The Morgan fingerprint density at radius 2 is 1.84 bits per heavy atom. The summed E-state index contributed by atoms with van der Waals surface area (Å²) in [5, 5.41) is 7.09. The summed E-state index contributed by atoms with van der Waals surface area (Å²) in [5.74, 6) is -0.175. The van der Waals surface area contributed by atoms with Crippen molar-refractivity contribution in [2.75, 3.05) is 0 Å². The molecule has 0 saturated heterocycles. The van der Waals surface area contributed by atoms with Gasteiger partial charge in [0.05, 0.1) is 13.5 Å². The first-order chi connectivity index (χ1) is 15.6. The molecule has 0 saturated carbocycles. The van der Waals surface area contributed by atoms with Crippen LogP contribution >= 0.6 is 0 Å². The number of carbonyl (C=O) groups excluding carboxylic acids is 2. The first-order valence-corrected chi connectivity index (χ1v) is 10.8. The van der Waals surface area contributed by atoms with Crippen LogP contribution in [0.3, 0.4) is 0 Å². The second kappa shape index (κ2) is 7.02. The molecule has 2 aliphatic carbocycles. The number of allylic oxidation sites excluding steroid dienone is 4. The maximum absolute atomic E-state index is 13.4. The SMILES string of the molecule is C[n+]1cc[nH]c1CC1=C(C2C(=O)c3ccccc3C2=O)C=c2c(ccc3c2=CC=CC3)[N-]1. The van der Waals surface area contributed by atoms with Crippen LogP contribution in [0.25, 0.3) is 17.5 Å². The van der Waals surface area contributed by atoms with Gasteiger partial charge in [-0.3, -0.25) is 9.59 Å². The average Bonchev–Trinajstić information content (AvgIpc) is 3.33. The zero-order valence-electron chi connectivity index (χ0n) is 17.6. The molecule has 0 fully saturated rings. The summed E-state index contributed by atoms with van der Waals surface area (Å²) in [6, 6.07) is 11.3. The molecule has 1 aliphatic heterocycles. The van der Waals surface area contributed by atoms with Gasteiger partial charge < -0.3 is 5.32 Å². The predicted octanol–water partition coefficient (Wildman–Crippen LogP) is 2.72. The van der Waals surface area contributed by atoms with E-state index in [2.05, 4.69) is 29.3 Å². The monoisotopic (exact) mass is 419 g/mol. The number of aromatic nitrogens is 2. The molecule has 6 rings (SSSR count). The molecule has 156 valence electrons. The van der Waals surface area contributed by atoms with E-state index in [1.807, 2.05) is 48.3 Å². The first kappa shape index (κ1) is 18.8. The summed E-state index contributed by atoms with van der Waals surface area (Å²) in [4.78, 5) is 30.0. The quantitative estimate of drug-likeness (QED) is 0.524. The van der Waals surface area contributed by atoms with Gasteiger partial charge in [-0.25, -0.2) is 9.55 Å². The highest BCUT2D eigenvalue weighted by Crippen LogP contribution is 2.38. The second-order valence-corrected chi connectivity index (χ2v) is 8.43. The van der Waals surface area contributed by atoms with E-state index in [0.29, 0.717) is 23.1 Å². The number of rotatable bonds is 3. The van der Waals surface area contributed by atoms with Crippen molar-refractivity contribution in [1.29, 1.82) is 0 Å². The molecular formula is C27H21N3O2. The van der Waals surface area contributed by atoms with E-state index in [1.54, 1.807) is 12.1 Å². The van der Waals surface area contributed by atoms with Crippen LogP contribution in [0.1, 0.15) is 32.1 Å². The third-order valence-corrected chi connectivity index (χ3v) is 6.58. The molecule has 0 unspecified atom stereocenters. The molecule has 0 amide bonds. The largest absolute Gasteiger partial charge is 0.660 e. The van der Waals surface area contributed by atoms with Gasteiger partial charge in [0.25, 0.3) is 5.82 Å². The lowest BCUT2D eigenvalue weighted by Crippen LogP contribution is -2.34. The summed E-state index contributed by atoms with van der Waals surface area (Å²) >= 11 is 0. The van der Waals surface area contributed by atoms with Crippen LogP contribution in [0.5, 0.6) is 0 Å². The summed E-state index contributed by atoms with van der Waals surface area (Å²) < 4.78 is 1.99. The number of fused-ring (bicyclic) bond motifs is 4. The number of carbonyl (C=O) groups is 2. The van der Waals surface area contributed by atoms with Gasteiger partial charge in [0.1, 0.15) is 18.3 Å². The molecule has 3 aromatic rings. The van der Waals surface area contributed by atoms with Crippen LogP contribution in [0.15, 0.2) is 72.2 Å². The topological polar surface area (TPSA) is 67.9 Å². The minimum atomic E-state index is -0.852. The molecule has 1 N–H and O–H groups in total. The normalized spacial score (nSPS) is 16.8. The summed E-state index contributed by atoms with van der Waals surface area (Å²) in [6.07, 6.45) is 13.5. The van der Waals surface area contributed by atoms with E-state index in [-0.39, 0.29) is 11.6 Å². The van der Waals surface area contributed by atoms with Gasteiger partial charge in [-0.1, -0.05) is 60.7 Å². The van der Waals surface area contributed by atoms with Gasteiger partial charge in [-0.05, 0) is 28.0 Å². The Bertz CT molecular complexity index is 1470. The number of nitrogens with one attached hydrogen (secondary N) is 1. The van der Waals surface area contributed by atoms with E-state index in [9.17, 15) is 9.59 Å². The number of nitrogens with zero attached hydrogens (tertiary/aromatic N) is 2. The molecular weight excluding hydrogens is 398 g/mol. The van der Waals surface area contributed by atoms with E-state index >= 15 is 0 Å². The van der Waals surface area contributed by atoms with Gasteiger partial charge in [0.15, 0.2) is 11.6 Å². The fourth-order valence-electron chi connectivity index (χ4n) is 4.89. The van der Waals surface area contributed by atoms with Crippen LogP contribution in [-0.2, 0) is 19.9 Å². The molecule has 5 heteroatoms. The predicted molar refractivity (Wildman–Crippen MR) is 122 cm³/mol. The fourth-order valence-corrected chi connectivity index (χ4v) is 4.89. The van der Waals surface area contributed by atoms with Crippen molar-refractivity contribution >= 4 is 29.4 Å². The van der Waals surface area contributed by atoms with Crippen LogP contribution < -0.4 is 15.0 Å². The first-order valence-electron chi connectivity index (χ1n) is 10.8. The molecule has 32 heavy (non-hydrogen) atoms. The smallest absolute Gasteiger partial charge is 0.256 e. The standard InChI is InChI=1S/C27H20N3O2/c1-30-13-12-28-24(30)15-23-21(25-26(31)18-8-4-5-9-19(18)27(25)32)14-20-17-7-3-2-6-16(17)10-11-22(20)29-23/h2-5,7-14,25H,6,15H2,1H3/q-1/p+1. The van der Waals surface area contributed by atoms with Crippen molar-refractivity contribution in [3.05, 3.63) is 110 Å². The zero-order chi connectivity index (χ0) is 21.8. The number of hydrogen-bond donors (Lipinski definition) is 1. The van der Waals surface area contributed by atoms with E-state index < -0.39 is 5.92 Å². The van der Waals surface area contributed by atoms with Gasteiger partial charge in [0, 0.05) is 11.1 Å². The van der Waals surface area contributed by atoms with Crippen LogP contribution in [0.2, 0.25) is 0 Å². The molecule has 0 spiro atoms. The average molecular weight is 419 g/mol. The molecule has 0 bridgehead atoms. The minimum Gasteiger partial charge on any atom is -0.660 e. The highest BCUT2D eigenvalue weighted by atomic mass is 16.2. The number of aromatic amines is 1. The van der Waals surface area contributed by atoms with Gasteiger partial charge in [0.2, 0.25) is 0 Å². The lowest BCUT2D eigenvalue weighted by Gasteiger charge is -2.34. The minimum absolute atomic E-state index is 0.141. The Kier molecular flexibility index (Phi) is 4.12. The summed E-state index contributed by atoms with van der Waals surface area (Å²) in [5.41, 5.74) is 4.56. The molecule has 2 heterocycles. The van der Waals surface area contributed by atoms with Crippen LogP contribution in [0.4, 0.5) is 5.69 Å². The summed E-state index contributed by atoms with van der Waals surface area (Å²) in [6.45, 7) is 0. The van der Waals surface area contributed by atoms with Crippen molar-refractivity contribution in [2.24, 2.45) is 13.0 Å². The van der Waals surface area contributed by atoms with Gasteiger partial charge in [-0.2, -0.15) is 0 Å². The molecule has 0 atom stereocenters. The Morgan fingerprint density at radius 1 is 1.06 bits per heavy atom. The highest BCUT2D eigenvalue weighted by molar-refractivity contribution is 6.28. The molecule has 3 aliphatic rings. The van der Waals surface area contributed by atoms with Crippen molar-refractivity contribution in [1.82, 2.24) is 4.98 Å². The van der Waals surface area contributed by atoms with E-state index in [1.165, 1.54) is 5.56 Å². The number of Topliss-reactive ketones (excluding diaryl/α,β-unsaturated/α-hetero) is 2. The Hall–Kier alpha value is -3.99. The van der Waals surface area contributed by atoms with Gasteiger partial charge in [-0.15, -0.1) is 11.4 Å². The summed E-state index contributed by atoms with van der Waals surface area (Å²) in [7, 11) is 1.96. The zero-order valence-corrected chi connectivity index (χ0v) is 17.6. The number of ketones is 2. The molecule has 1 aromatic heterocycles. The third-order valence-electron chi connectivity index (χ3n) is 6.58. The highest BCUT2D eigenvalue weighted by Gasteiger charge is 2.40. The van der Waals surface area contributed by atoms with Crippen molar-refractivity contribution < 1.29 is 14.2 Å². The lowest BCUT2D eigenvalue weighted by molar-refractivity contribution is -0.677. The Labute approximate surface area is 185 Å². The fraction of sp³-hybridized carbons (Fsp3) is 0.148. The molecule has 5 nitrogen and oxygen atoms in total. The maximum Gasteiger partial charge on any atom is 0.256 e. The Balaban J connectivity index is 1.58. The van der Waals surface area contributed by atoms with Crippen LogP contribution in [0, 0.1) is 5.92 Å². The van der Waals surface area contributed by atoms with Crippen molar-refractivity contribution in [3.8, 4) is 0 Å². The number of benzene rings is 2. The number of imidazole rings is 1. The lowest BCUT2D eigenvalue weighted by atomic mass is 9.87. The van der Waals surface area contributed by atoms with E-state index in [0.717, 1.165) is 34.1 Å².